The number of nitrogens with two attached hydrogens (primary N) is 2. The summed E-state index contributed by atoms with van der Waals surface area (Å²) in [6.07, 6.45) is 0. The summed E-state index contributed by atoms with van der Waals surface area (Å²) in [6.45, 7) is 0.470. The molecule has 2 aromatic rings. The molecule has 7 heteroatoms. The Labute approximate surface area is 123 Å². The highest BCUT2D eigenvalue weighted by Crippen LogP contribution is 2.22. The molecule has 0 aliphatic rings. The van der Waals surface area contributed by atoms with Gasteiger partial charge in [0, 0.05) is 23.5 Å². The van der Waals surface area contributed by atoms with Crippen LogP contribution in [0.1, 0.15) is 5.56 Å². The first kappa shape index (κ1) is 15.1. The molecule has 5 N–H and O–H groups in total. The van der Waals surface area contributed by atoms with Crippen LogP contribution in [0.4, 0.5) is 11.4 Å². The Bertz CT molecular complexity index is 745. The maximum absolute atomic E-state index is 11.4. The molecule has 0 saturated carbocycles. The third kappa shape index (κ3) is 3.87. The average Bonchev–Trinajstić information content (AvgIpc) is 2.44. The first-order valence-electron chi connectivity index (χ1n) is 6.19. The lowest BCUT2D eigenvalue weighted by molar-refractivity contribution is 0.410. The van der Waals surface area contributed by atoms with Gasteiger partial charge in [0.1, 0.15) is 5.75 Å². The van der Waals surface area contributed by atoms with Gasteiger partial charge < -0.3 is 15.8 Å². The topological polar surface area (TPSA) is 107 Å². The Balaban J connectivity index is 2.22. The van der Waals surface area contributed by atoms with Gasteiger partial charge in [0.15, 0.2) is 0 Å². The van der Waals surface area contributed by atoms with Crippen LogP contribution in [-0.4, -0.2) is 15.5 Å². The summed E-state index contributed by atoms with van der Waals surface area (Å²) < 4.78 is 28.0. The second-order valence-electron chi connectivity index (χ2n) is 4.50. The van der Waals surface area contributed by atoms with Gasteiger partial charge in [-0.15, -0.1) is 0 Å². The molecule has 0 aromatic heterocycles. The van der Waals surface area contributed by atoms with Gasteiger partial charge in [0.05, 0.1) is 12.0 Å². The number of rotatable bonds is 5. The first-order valence-corrected chi connectivity index (χ1v) is 7.74. The standard InChI is InChI=1S/C14H17N3O3S/c1-20-14-5-3-2-4-10(14)9-17-12-6-11(15)7-13(8-12)21(16,18)19/h2-8,17H,9,15H2,1H3,(H2,16,18,19). The van der Waals surface area contributed by atoms with Gasteiger partial charge >= 0.3 is 0 Å². The normalized spacial score (nSPS) is 11.1. The van der Waals surface area contributed by atoms with Crippen LogP contribution in [-0.2, 0) is 16.6 Å². The van der Waals surface area contributed by atoms with Crippen LogP contribution >= 0.6 is 0 Å². The Morgan fingerprint density at radius 1 is 1.19 bits per heavy atom. The Morgan fingerprint density at radius 3 is 2.57 bits per heavy atom. The highest BCUT2D eigenvalue weighted by molar-refractivity contribution is 7.89. The van der Waals surface area contributed by atoms with Gasteiger partial charge in [-0.2, -0.15) is 0 Å². The largest absolute Gasteiger partial charge is 0.496 e. The molecule has 0 heterocycles. The monoisotopic (exact) mass is 307 g/mol. The molecule has 0 unspecified atom stereocenters. The molecule has 0 atom stereocenters. The van der Waals surface area contributed by atoms with E-state index in [0.717, 1.165) is 11.3 Å². The minimum Gasteiger partial charge on any atom is -0.496 e. The van der Waals surface area contributed by atoms with Crippen LogP contribution in [0.15, 0.2) is 47.4 Å². The predicted molar refractivity (Wildman–Crippen MR) is 82.5 cm³/mol. The number of methoxy groups -OCH3 is 1. The molecule has 0 fully saturated rings. The van der Waals surface area contributed by atoms with Crippen molar-refractivity contribution in [3.8, 4) is 5.75 Å². The zero-order chi connectivity index (χ0) is 15.5. The fourth-order valence-electron chi connectivity index (χ4n) is 1.93. The molecule has 0 amide bonds. The second kappa shape index (κ2) is 6.02. The molecule has 0 bridgehead atoms. The summed E-state index contributed by atoms with van der Waals surface area (Å²) in [5, 5.41) is 8.23. The van der Waals surface area contributed by atoms with Crippen LogP contribution < -0.4 is 20.9 Å². The molecule has 2 aromatic carbocycles. The van der Waals surface area contributed by atoms with E-state index in [0.29, 0.717) is 17.9 Å². The summed E-state index contributed by atoms with van der Waals surface area (Å²) in [6, 6.07) is 12.0. The summed E-state index contributed by atoms with van der Waals surface area (Å²) in [5.41, 5.74) is 7.54. The molecule has 0 aliphatic heterocycles. The van der Waals surface area contributed by atoms with Gasteiger partial charge in [0.2, 0.25) is 10.0 Å². The zero-order valence-corrected chi connectivity index (χ0v) is 12.4. The van der Waals surface area contributed by atoms with Crippen LogP contribution in [0.5, 0.6) is 5.75 Å². The molecule has 0 spiro atoms. The molecule has 0 radical (unpaired) electrons. The fraction of sp³-hybridized carbons (Fsp3) is 0.143. The number of nitrogens with one attached hydrogen (secondary N) is 1. The maximum Gasteiger partial charge on any atom is 0.238 e. The Morgan fingerprint density at radius 2 is 1.90 bits per heavy atom. The number of nitrogen functional groups attached to an aromatic ring is 1. The van der Waals surface area contributed by atoms with Gasteiger partial charge in [-0.3, -0.25) is 0 Å². The minimum atomic E-state index is -3.79. The lowest BCUT2D eigenvalue weighted by Gasteiger charge is -2.12. The van der Waals surface area contributed by atoms with Crippen LogP contribution in [0.3, 0.4) is 0 Å². The van der Waals surface area contributed by atoms with E-state index in [1.54, 1.807) is 13.2 Å². The molecule has 21 heavy (non-hydrogen) atoms. The molecule has 0 aliphatic carbocycles. The van der Waals surface area contributed by atoms with Gasteiger partial charge in [-0.25, -0.2) is 13.6 Å². The smallest absolute Gasteiger partial charge is 0.238 e. The molecule has 2 rings (SSSR count). The fourth-order valence-corrected chi connectivity index (χ4v) is 2.53. The van der Waals surface area contributed by atoms with E-state index in [-0.39, 0.29) is 4.90 Å². The average molecular weight is 307 g/mol. The lowest BCUT2D eigenvalue weighted by atomic mass is 10.2. The summed E-state index contributed by atoms with van der Waals surface area (Å²) >= 11 is 0. The van der Waals surface area contributed by atoms with Crippen molar-refractivity contribution in [2.24, 2.45) is 5.14 Å². The van der Waals surface area contributed by atoms with Crippen LogP contribution in [0.2, 0.25) is 0 Å². The minimum absolute atomic E-state index is 0.0231. The number of benzene rings is 2. The van der Waals surface area contributed by atoms with Crippen molar-refractivity contribution >= 4 is 21.4 Å². The van der Waals surface area contributed by atoms with Crippen LogP contribution in [0, 0.1) is 0 Å². The number of sulfonamides is 1. The summed E-state index contributed by atoms with van der Waals surface area (Å²) in [7, 11) is -2.19. The highest BCUT2D eigenvalue weighted by atomic mass is 32.2. The van der Waals surface area contributed by atoms with Gasteiger partial charge in [-0.05, 0) is 24.3 Å². The molecule has 112 valence electrons. The summed E-state index contributed by atoms with van der Waals surface area (Å²) in [4.78, 5) is -0.0231. The molecular formula is C14H17N3O3S. The van der Waals surface area contributed by atoms with Crippen molar-refractivity contribution in [1.82, 2.24) is 0 Å². The van der Waals surface area contributed by atoms with E-state index in [2.05, 4.69) is 5.32 Å². The summed E-state index contributed by atoms with van der Waals surface area (Å²) in [5.74, 6) is 0.751. The molecule has 6 nitrogen and oxygen atoms in total. The van der Waals surface area contributed by atoms with E-state index in [1.165, 1.54) is 12.1 Å². The quantitative estimate of drug-likeness (QED) is 0.726. The third-order valence-electron chi connectivity index (χ3n) is 2.93. The molecule has 0 saturated heterocycles. The number of hydrogen-bond donors (Lipinski definition) is 3. The SMILES string of the molecule is COc1ccccc1CNc1cc(N)cc(S(N)(=O)=O)c1. The zero-order valence-electron chi connectivity index (χ0n) is 11.5. The van der Waals surface area contributed by atoms with E-state index in [9.17, 15) is 8.42 Å². The Hall–Kier alpha value is -2.25. The number of primary sulfonamides is 1. The van der Waals surface area contributed by atoms with E-state index in [4.69, 9.17) is 15.6 Å². The number of hydrogen-bond acceptors (Lipinski definition) is 5. The van der Waals surface area contributed by atoms with Gasteiger partial charge in [0.25, 0.3) is 0 Å². The van der Waals surface area contributed by atoms with Crippen molar-refractivity contribution in [3.05, 3.63) is 48.0 Å². The predicted octanol–water partition coefficient (Wildman–Crippen LogP) is 1.54. The third-order valence-corrected chi connectivity index (χ3v) is 3.83. The lowest BCUT2D eigenvalue weighted by Crippen LogP contribution is -2.13. The van der Waals surface area contributed by atoms with Crippen molar-refractivity contribution in [2.75, 3.05) is 18.2 Å². The van der Waals surface area contributed by atoms with Crippen molar-refractivity contribution in [1.29, 1.82) is 0 Å². The number of anilines is 2. The highest BCUT2D eigenvalue weighted by Gasteiger charge is 2.10. The van der Waals surface area contributed by atoms with Gasteiger partial charge in [-0.1, -0.05) is 18.2 Å². The van der Waals surface area contributed by atoms with E-state index >= 15 is 0 Å². The number of para-hydroxylation sites is 1. The number of ether oxygens (including phenoxy) is 1. The Kier molecular flexibility index (Phi) is 4.35. The van der Waals surface area contributed by atoms with Crippen molar-refractivity contribution in [2.45, 2.75) is 11.4 Å². The van der Waals surface area contributed by atoms with E-state index < -0.39 is 10.0 Å². The molecular weight excluding hydrogens is 290 g/mol. The maximum atomic E-state index is 11.4. The van der Waals surface area contributed by atoms with Crippen molar-refractivity contribution in [3.63, 3.8) is 0 Å². The van der Waals surface area contributed by atoms with E-state index in [1.807, 2.05) is 24.3 Å². The van der Waals surface area contributed by atoms with Crippen LogP contribution in [0.25, 0.3) is 0 Å². The van der Waals surface area contributed by atoms with Crippen molar-refractivity contribution < 1.29 is 13.2 Å². The first-order chi connectivity index (χ1) is 9.90. The second-order valence-corrected chi connectivity index (χ2v) is 6.06.